The molecule has 0 unspecified atom stereocenters. The minimum atomic E-state index is 0.373. The number of oxime groups is 1. The summed E-state index contributed by atoms with van der Waals surface area (Å²) < 4.78 is 12.9. The zero-order valence-corrected chi connectivity index (χ0v) is 19.4. The van der Waals surface area contributed by atoms with Crippen molar-refractivity contribution in [2.45, 2.75) is 20.5 Å². The number of hydrogen-bond acceptors (Lipinski definition) is 4. The molecule has 33 heavy (non-hydrogen) atoms. The maximum atomic E-state index is 5.69. The fourth-order valence-corrected chi connectivity index (χ4v) is 3.87. The summed E-state index contributed by atoms with van der Waals surface area (Å²) in [6.45, 7) is 4.45. The van der Waals surface area contributed by atoms with E-state index < -0.39 is 0 Å². The molecule has 0 saturated heterocycles. The predicted molar refractivity (Wildman–Crippen MR) is 132 cm³/mol. The Labute approximate surface area is 194 Å². The van der Waals surface area contributed by atoms with Crippen molar-refractivity contribution in [3.8, 4) is 28.4 Å². The van der Waals surface area contributed by atoms with Gasteiger partial charge in [-0.15, -0.1) is 0 Å². The molecule has 4 rings (SSSR count). The summed E-state index contributed by atoms with van der Waals surface area (Å²) in [4.78, 5) is 5.69. The molecule has 1 heterocycles. The topological polar surface area (TPSA) is 45.0 Å². The molecule has 0 saturated carbocycles. The van der Waals surface area contributed by atoms with Crippen LogP contribution in [0.2, 0.25) is 0 Å². The van der Waals surface area contributed by atoms with Crippen LogP contribution in [-0.2, 0) is 11.4 Å². The maximum absolute atomic E-state index is 5.69. The fourth-order valence-electron chi connectivity index (χ4n) is 3.87. The van der Waals surface area contributed by atoms with E-state index in [1.165, 1.54) is 0 Å². The minimum absolute atomic E-state index is 0.373. The molecule has 0 bridgehead atoms. The van der Waals surface area contributed by atoms with E-state index in [4.69, 9.17) is 14.3 Å². The van der Waals surface area contributed by atoms with E-state index in [0.717, 1.165) is 51.0 Å². The number of nitrogens with zero attached hydrogens (tertiary/aromatic N) is 2. The molecule has 3 aromatic carbocycles. The van der Waals surface area contributed by atoms with Crippen LogP contribution in [0.3, 0.4) is 0 Å². The molecular formula is C28H28N2O3. The quantitative estimate of drug-likeness (QED) is 0.235. The van der Waals surface area contributed by atoms with Gasteiger partial charge in [-0.25, -0.2) is 0 Å². The third kappa shape index (κ3) is 4.93. The predicted octanol–water partition coefficient (Wildman–Crippen LogP) is 6.41. The van der Waals surface area contributed by atoms with Crippen molar-refractivity contribution < 1.29 is 14.3 Å². The second-order valence-corrected chi connectivity index (χ2v) is 7.73. The van der Waals surface area contributed by atoms with Crippen molar-refractivity contribution in [3.05, 3.63) is 102 Å². The third-order valence-corrected chi connectivity index (χ3v) is 5.60. The Bertz CT molecular complexity index is 1240. The first-order valence-electron chi connectivity index (χ1n) is 10.8. The molecule has 0 aliphatic heterocycles. The number of methoxy groups -OCH3 is 2. The van der Waals surface area contributed by atoms with Crippen LogP contribution in [0.15, 0.2) is 90.1 Å². The Morgan fingerprint density at radius 3 is 2.24 bits per heavy atom. The smallest absolute Gasteiger partial charge is 0.142 e. The van der Waals surface area contributed by atoms with E-state index in [0.29, 0.717) is 6.61 Å². The number of aromatic nitrogens is 1. The van der Waals surface area contributed by atoms with Gasteiger partial charge in [-0.1, -0.05) is 47.6 Å². The monoisotopic (exact) mass is 440 g/mol. The van der Waals surface area contributed by atoms with E-state index in [9.17, 15) is 0 Å². The first kappa shape index (κ1) is 22.2. The second kappa shape index (κ2) is 10.1. The van der Waals surface area contributed by atoms with E-state index in [1.807, 2.05) is 61.5 Å². The van der Waals surface area contributed by atoms with Crippen LogP contribution < -0.4 is 9.47 Å². The molecule has 0 radical (unpaired) electrons. The molecule has 5 heteroatoms. The Morgan fingerprint density at radius 1 is 0.818 bits per heavy atom. The molecule has 4 aromatic rings. The Morgan fingerprint density at radius 2 is 1.55 bits per heavy atom. The average Bonchev–Trinajstić information content (AvgIpc) is 3.21. The maximum Gasteiger partial charge on any atom is 0.142 e. The molecule has 168 valence electrons. The van der Waals surface area contributed by atoms with E-state index in [2.05, 4.69) is 47.0 Å². The first-order chi connectivity index (χ1) is 16.1. The lowest BCUT2D eigenvalue weighted by Crippen LogP contribution is -2.02. The van der Waals surface area contributed by atoms with Gasteiger partial charge in [-0.3, -0.25) is 0 Å². The van der Waals surface area contributed by atoms with Gasteiger partial charge >= 0.3 is 0 Å². The molecule has 5 nitrogen and oxygen atoms in total. The Balaban J connectivity index is 1.67. The van der Waals surface area contributed by atoms with Gasteiger partial charge in [0.25, 0.3) is 0 Å². The van der Waals surface area contributed by atoms with E-state index in [-0.39, 0.29) is 0 Å². The minimum Gasteiger partial charge on any atom is -0.497 e. The summed E-state index contributed by atoms with van der Waals surface area (Å²) in [6.07, 6.45) is 0. The number of hydrogen-bond donors (Lipinski definition) is 0. The van der Waals surface area contributed by atoms with Crippen LogP contribution in [0.1, 0.15) is 23.7 Å². The first-order valence-corrected chi connectivity index (χ1v) is 10.8. The lowest BCUT2D eigenvalue weighted by molar-refractivity contribution is 0.130. The lowest BCUT2D eigenvalue weighted by Gasteiger charge is -2.13. The second-order valence-electron chi connectivity index (χ2n) is 7.73. The van der Waals surface area contributed by atoms with Crippen molar-refractivity contribution in [3.63, 3.8) is 0 Å². The van der Waals surface area contributed by atoms with Crippen molar-refractivity contribution in [1.82, 2.24) is 4.57 Å². The molecule has 0 aliphatic rings. The van der Waals surface area contributed by atoms with Gasteiger partial charge in [0.1, 0.15) is 18.1 Å². The van der Waals surface area contributed by atoms with Gasteiger partial charge in [0.2, 0.25) is 0 Å². The Kier molecular flexibility index (Phi) is 6.79. The molecule has 0 spiro atoms. The number of ether oxygens (including phenoxy) is 2. The Hall–Kier alpha value is -3.99. The lowest BCUT2D eigenvalue weighted by atomic mass is 10.1. The zero-order chi connectivity index (χ0) is 23.2. The van der Waals surface area contributed by atoms with Gasteiger partial charge in [0, 0.05) is 16.9 Å². The molecule has 0 N–H and O–H groups in total. The third-order valence-electron chi connectivity index (χ3n) is 5.60. The van der Waals surface area contributed by atoms with Crippen molar-refractivity contribution in [2.75, 3.05) is 14.2 Å². The molecule has 0 amide bonds. The summed E-state index contributed by atoms with van der Waals surface area (Å²) in [5, 5.41) is 4.42. The average molecular weight is 441 g/mol. The summed E-state index contributed by atoms with van der Waals surface area (Å²) in [7, 11) is 3.33. The summed E-state index contributed by atoms with van der Waals surface area (Å²) in [6, 6.07) is 28.4. The highest BCUT2D eigenvalue weighted by Gasteiger charge is 2.17. The number of benzene rings is 3. The largest absolute Gasteiger partial charge is 0.497 e. The van der Waals surface area contributed by atoms with Crippen molar-refractivity contribution >= 4 is 5.71 Å². The van der Waals surface area contributed by atoms with Crippen LogP contribution in [0, 0.1) is 6.92 Å². The van der Waals surface area contributed by atoms with E-state index in [1.54, 1.807) is 14.2 Å². The van der Waals surface area contributed by atoms with Crippen LogP contribution >= 0.6 is 0 Å². The van der Waals surface area contributed by atoms with Crippen LogP contribution in [0.5, 0.6) is 11.5 Å². The molecule has 1 aromatic heterocycles. The van der Waals surface area contributed by atoms with Crippen molar-refractivity contribution in [2.24, 2.45) is 5.16 Å². The fraction of sp³-hybridized carbons (Fsp3) is 0.179. The SMILES string of the molecule is COc1ccc(-n2c(-c3ccccc3)cc(/C(C)=N\OCc3cccc(OC)c3)c2C)cc1. The van der Waals surface area contributed by atoms with Crippen LogP contribution in [0.4, 0.5) is 0 Å². The van der Waals surface area contributed by atoms with Crippen molar-refractivity contribution in [1.29, 1.82) is 0 Å². The highest BCUT2D eigenvalue weighted by molar-refractivity contribution is 6.01. The molecule has 0 aliphatic carbocycles. The summed E-state index contributed by atoms with van der Waals surface area (Å²) >= 11 is 0. The van der Waals surface area contributed by atoms with Gasteiger partial charge in [0.15, 0.2) is 0 Å². The van der Waals surface area contributed by atoms with E-state index >= 15 is 0 Å². The number of rotatable bonds is 8. The van der Waals surface area contributed by atoms with Gasteiger partial charge < -0.3 is 18.9 Å². The normalized spacial score (nSPS) is 11.3. The molecule has 0 fully saturated rings. The molecular weight excluding hydrogens is 412 g/mol. The zero-order valence-electron chi connectivity index (χ0n) is 19.4. The highest BCUT2D eigenvalue weighted by atomic mass is 16.6. The summed E-state index contributed by atoms with van der Waals surface area (Å²) in [5.74, 6) is 1.63. The van der Waals surface area contributed by atoms with Crippen LogP contribution in [-0.4, -0.2) is 24.5 Å². The standard InChI is InChI=1S/C28H28N2O3/c1-20(29-33-19-22-9-8-12-26(17-22)32-4)27-18-28(23-10-6-5-7-11-23)30(21(27)2)24-13-15-25(31-3)16-14-24/h5-18H,19H2,1-4H3/b29-20-. The van der Waals surface area contributed by atoms with Gasteiger partial charge in [-0.05, 0) is 67.4 Å². The molecule has 0 atom stereocenters. The summed E-state index contributed by atoms with van der Waals surface area (Å²) in [5.41, 5.74) is 7.23. The van der Waals surface area contributed by atoms with Gasteiger partial charge in [-0.2, -0.15) is 0 Å². The van der Waals surface area contributed by atoms with Crippen LogP contribution in [0.25, 0.3) is 16.9 Å². The van der Waals surface area contributed by atoms with Gasteiger partial charge in [0.05, 0.1) is 25.6 Å². The highest BCUT2D eigenvalue weighted by Crippen LogP contribution is 2.30.